The van der Waals surface area contributed by atoms with E-state index in [9.17, 15) is 19.5 Å². The number of aliphatic carboxylic acids is 1. The van der Waals surface area contributed by atoms with Crippen LogP contribution in [0.25, 0.3) is 10.1 Å². The molecule has 2 amide bonds. The normalized spacial score (nSPS) is 24.6. The first-order valence-corrected chi connectivity index (χ1v) is 17.4. The Kier molecular flexibility index (Phi) is 9.71. The van der Waals surface area contributed by atoms with E-state index < -0.39 is 11.8 Å². The summed E-state index contributed by atoms with van der Waals surface area (Å²) in [5.74, 6) is -2.24. The van der Waals surface area contributed by atoms with E-state index in [1.54, 1.807) is 5.38 Å². The highest BCUT2D eigenvalue weighted by atomic mass is 35.5. The Morgan fingerprint density at radius 2 is 1.89 bits per heavy atom. The number of carboxylic acids is 1. The molecule has 1 saturated carbocycles. The quantitative estimate of drug-likeness (QED) is 0.245. The molecule has 0 unspecified atom stereocenters. The van der Waals surface area contributed by atoms with Crippen molar-refractivity contribution in [2.45, 2.75) is 77.0 Å². The van der Waals surface area contributed by atoms with Gasteiger partial charge in [0.25, 0.3) is 5.91 Å². The Labute approximate surface area is 277 Å². The average molecular weight is 670 g/mol. The number of fused-ring (bicyclic) bond motifs is 1. The topological polar surface area (TPSA) is 99.2 Å². The molecule has 0 spiro atoms. The number of rotatable bonds is 10. The van der Waals surface area contributed by atoms with Crippen LogP contribution in [0.15, 0.2) is 41.8 Å². The number of halogens is 2. The van der Waals surface area contributed by atoms with Gasteiger partial charge in [0.1, 0.15) is 5.82 Å². The first kappa shape index (κ1) is 32.9. The summed E-state index contributed by atoms with van der Waals surface area (Å²) in [6.45, 7) is 7.39. The van der Waals surface area contributed by atoms with E-state index in [4.69, 9.17) is 16.3 Å². The molecule has 6 rings (SSSR count). The summed E-state index contributed by atoms with van der Waals surface area (Å²) in [5.41, 5.74) is 1.11. The molecule has 1 aromatic heterocycles. The van der Waals surface area contributed by atoms with Gasteiger partial charge >= 0.3 is 5.97 Å². The SMILES string of the molecule is CCC1(C)CN([C@H]2C[C@@H](CO[C@H]3CC[C@H](C(=O)O)CC3)N(C(=O)Cc3cc(Cl)c(NC(=O)c4csc5ccccc45)cc3F)C2)C1. The van der Waals surface area contributed by atoms with E-state index in [-0.39, 0.29) is 58.6 Å². The van der Waals surface area contributed by atoms with Crippen molar-refractivity contribution in [1.82, 2.24) is 9.80 Å². The summed E-state index contributed by atoms with van der Waals surface area (Å²) in [5, 5.41) is 14.8. The number of amides is 2. The summed E-state index contributed by atoms with van der Waals surface area (Å²) in [6, 6.07) is 10.2. The molecule has 2 aromatic carbocycles. The van der Waals surface area contributed by atoms with Crippen LogP contribution < -0.4 is 5.32 Å². The molecular formula is C35H41ClFN3O5S. The first-order valence-electron chi connectivity index (χ1n) is 16.2. The van der Waals surface area contributed by atoms with Crippen LogP contribution in [-0.2, 0) is 20.7 Å². The van der Waals surface area contributed by atoms with E-state index in [0.717, 1.165) is 36.0 Å². The van der Waals surface area contributed by atoms with E-state index in [0.29, 0.717) is 49.8 Å². The number of hydrogen-bond donors (Lipinski definition) is 2. The number of carbonyl (C=O) groups excluding carboxylic acids is 2. The molecule has 3 fully saturated rings. The molecule has 2 N–H and O–H groups in total. The fourth-order valence-electron chi connectivity index (χ4n) is 7.19. The van der Waals surface area contributed by atoms with Crippen LogP contribution >= 0.6 is 22.9 Å². The summed E-state index contributed by atoms with van der Waals surface area (Å²) in [4.78, 5) is 42.4. The van der Waals surface area contributed by atoms with Crippen molar-refractivity contribution in [3.05, 3.63) is 63.7 Å². The van der Waals surface area contributed by atoms with Crippen molar-refractivity contribution in [3.63, 3.8) is 0 Å². The summed E-state index contributed by atoms with van der Waals surface area (Å²) >= 11 is 7.99. The van der Waals surface area contributed by atoms with Gasteiger partial charge in [-0.1, -0.05) is 43.6 Å². The summed E-state index contributed by atoms with van der Waals surface area (Å²) in [6.07, 6.45) is 4.28. The van der Waals surface area contributed by atoms with E-state index in [2.05, 4.69) is 24.1 Å². The number of ether oxygens (including phenoxy) is 1. The number of benzene rings is 2. The molecular weight excluding hydrogens is 629 g/mol. The van der Waals surface area contributed by atoms with Gasteiger partial charge in [0.05, 0.1) is 47.4 Å². The minimum absolute atomic E-state index is 0.0231. The number of carboxylic acid groups (broad SMARTS) is 1. The minimum Gasteiger partial charge on any atom is -0.481 e. The maximum Gasteiger partial charge on any atom is 0.306 e. The highest BCUT2D eigenvalue weighted by Crippen LogP contribution is 2.38. The Morgan fingerprint density at radius 3 is 2.61 bits per heavy atom. The van der Waals surface area contributed by atoms with Gasteiger partial charge in [-0.15, -0.1) is 11.3 Å². The first-order chi connectivity index (χ1) is 22.0. The molecule has 46 heavy (non-hydrogen) atoms. The fourth-order valence-corrected chi connectivity index (χ4v) is 8.36. The smallest absolute Gasteiger partial charge is 0.306 e. The second-order valence-corrected chi connectivity index (χ2v) is 14.8. The minimum atomic E-state index is -0.749. The zero-order valence-electron chi connectivity index (χ0n) is 26.3. The molecule has 3 aromatic rings. The maximum absolute atomic E-state index is 15.4. The lowest BCUT2D eigenvalue weighted by Gasteiger charge is -2.50. The van der Waals surface area contributed by atoms with Crippen molar-refractivity contribution in [1.29, 1.82) is 0 Å². The number of likely N-dealkylation sites (tertiary alicyclic amines) is 2. The van der Waals surface area contributed by atoms with E-state index in [1.165, 1.54) is 23.5 Å². The summed E-state index contributed by atoms with van der Waals surface area (Å²) < 4.78 is 22.7. The van der Waals surface area contributed by atoms with Gasteiger partial charge < -0.3 is 20.1 Å². The fraction of sp³-hybridized carbons (Fsp3) is 0.514. The number of thiophene rings is 1. The van der Waals surface area contributed by atoms with Gasteiger partial charge in [-0.3, -0.25) is 19.3 Å². The Bertz CT molecular complexity index is 1620. The van der Waals surface area contributed by atoms with Crippen LogP contribution in [0.1, 0.15) is 68.3 Å². The molecule has 246 valence electrons. The molecule has 2 atom stereocenters. The van der Waals surface area contributed by atoms with Crippen LogP contribution in [-0.4, -0.2) is 77.1 Å². The molecule has 2 aliphatic heterocycles. The summed E-state index contributed by atoms with van der Waals surface area (Å²) in [7, 11) is 0. The zero-order valence-corrected chi connectivity index (χ0v) is 27.8. The highest BCUT2D eigenvalue weighted by Gasteiger charge is 2.46. The van der Waals surface area contributed by atoms with Gasteiger partial charge in [0.15, 0.2) is 0 Å². The Balaban J connectivity index is 1.12. The zero-order chi connectivity index (χ0) is 32.6. The number of carbonyl (C=O) groups is 3. The lowest BCUT2D eigenvalue weighted by Crippen LogP contribution is -2.58. The third kappa shape index (κ3) is 6.95. The molecule has 2 saturated heterocycles. The maximum atomic E-state index is 15.4. The highest BCUT2D eigenvalue weighted by molar-refractivity contribution is 7.17. The van der Waals surface area contributed by atoms with Crippen molar-refractivity contribution in [3.8, 4) is 0 Å². The van der Waals surface area contributed by atoms with Gasteiger partial charge in [0.2, 0.25) is 5.91 Å². The molecule has 3 heterocycles. The second kappa shape index (κ2) is 13.6. The van der Waals surface area contributed by atoms with Crippen LogP contribution in [0, 0.1) is 17.2 Å². The van der Waals surface area contributed by atoms with Crippen LogP contribution in [0.2, 0.25) is 5.02 Å². The van der Waals surface area contributed by atoms with Crippen molar-refractivity contribution in [2.75, 3.05) is 31.6 Å². The van der Waals surface area contributed by atoms with E-state index >= 15 is 4.39 Å². The monoisotopic (exact) mass is 669 g/mol. The van der Waals surface area contributed by atoms with E-state index in [1.807, 2.05) is 29.2 Å². The average Bonchev–Trinajstić information content (AvgIpc) is 3.66. The van der Waals surface area contributed by atoms with Crippen LogP contribution in [0.5, 0.6) is 0 Å². The number of nitrogens with zero attached hydrogens (tertiary/aromatic N) is 2. The number of anilines is 1. The third-order valence-corrected chi connectivity index (χ3v) is 11.5. The lowest BCUT2D eigenvalue weighted by molar-refractivity contribution is -0.144. The van der Waals surface area contributed by atoms with Gasteiger partial charge in [-0.05, 0) is 67.7 Å². The van der Waals surface area contributed by atoms with Crippen molar-refractivity contribution >= 4 is 56.5 Å². The second-order valence-electron chi connectivity index (χ2n) is 13.5. The van der Waals surface area contributed by atoms with Crippen LogP contribution in [0.3, 0.4) is 0 Å². The lowest BCUT2D eigenvalue weighted by atomic mass is 9.78. The number of nitrogens with one attached hydrogen (secondary N) is 1. The largest absolute Gasteiger partial charge is 0.481 e. The molecule has 0 radical (unpaired) electrons. The predicted molar refractivity (Wildman–Crippen MR) is 178 cm³/mol. The van der Waals surface area contributed by atoms with Crippen molar-refractivity contribution < 1.29 is 28.6 Å². The molecule has 1 aliphatic carbocycles. The van der Waals surface area contributed by atoms with Gasteiger partial charge in [-0.2, -0.15) is 0 Å². The van der Waals surface area contributed by atoms with Crippen molar-refractivity contribution in [2.24, 2.45) is 11.3 Å². The Morgan fingerprint density at radius 1 is 1.15 bits per heavy atom. The third-order valence-electron chi connectivity index (χ3n) is 10.3. The Hall–Kier alpha value is -3.05. The number of hydrogen-bond acceptors (Lipinski definition) is 6. The molecule has 3 aliphatic rings. The van der Waals surface area contributed by atoms with Crippen LogP contribution in [0.4, 0.5) is 10.1 Å². The van der Waals surface area contributed by atoms with Gasteiger partial charge in [0, 0.05) is 41.1 Å². The molecule has 0 bridgehead atoms. The molecule has 11 heteroatoms. The predicted octanol–water partition coefficient (Wildman–Crippen LogP) is 6.85. The molecule has 8 nitrogen and oxygen atoms in total. The van der Waals surface area contributed by atoms with Gasteiger partial charge in [-0.25, -0.2) is 4.39 Å². The standard InChI is InChI=1S/C35H41ClFN3O5S/c1-3-35(2)19-39(20-35)23-14-24(17-45-25-10-8-21(9-11-25)34(43)44)40(16-23)32(41)13-22-12-28(36)30(15-29(22)37)38-33(42)27-18-46-31-7-5-4-6-26(27)31/h4-7,12,15,18,21,23-25H,3,8-11,13-14,16-17,19-20H2,1-2H3,(H,38,42)(H,43,44)/t21-,23-,24-,25-/m0/s1.